The molecule has 0 bridgehead atoms. The molecule has 0 saturated heterocycles. The summed E-state index contributed by atoms with van der Waals surface area (Å²) in [6.07, 6.45) is -3.09. The summed E-state index contributed by atoms with van der Waals surface area (Å²) in [6, 6.07) is 10.5. The molecule has 0 spiro atoms. The zero-order valence-electron chi connectivity index (χ0n) is 15.0. The van der Waals surface area contributed by atoms with Crippen LogP contribution in [0.5, 0.6) is 0 Å². The predicted octanol–water partition coefficient (Wildman–Crippen LogP) is 6.56. The highest BCUT2D eigenvalue weighted by molar-refractivity contribution is 5.33. The molecule has 0 aromatic heterocycles. The van der Waals surface area contributed by atoms with Crippen LogP contribution in [0, 0.1) is 11.7 Å². The molecule has 25 heavy (non-hydrogen) atoms. The molecular weight excluding hydrogens is 328 g/mol. The quantitative estimate of drug-likeness (QED) is 0.534. The van der Waals surface area contributed by atoms with Gasteiger partial charge >= 0.3 is 6.18 Å². The van der Waals surface area contributed by atoms with Crippen LogP contribution in [0.2, 0.25) is 0 Å². The Morgan fingerprint density at radius 2 is 1.44 bits per heavy atom. The standard InChI is InChI=1S/C21H24F4/c1-14(2)11-16-6-5-15(12-19(16)22)13-20(3,4)17-7-9-18(10-8-17)21(23,24)25/h5-10,12,14H,11,13H2,1-4H3. The van der Waals surface area contributed by atoms with Crippen molar-refractivity contribution in [3.63, 3.8) is 0 Å². The molecule has 2 aromatic rings. The first kappa shape index (κ1) is 19.5. The Hall–Kier alpha value is -1.84. The number of benzene rings is 2. The SMILES string of the molecule is CC(C)Cc1ccc(CC(C)(C)c2ccc(C(F)(F)F)cc2)cc1F. The molecule has 0 aliphatic carbocycles. The summed E-state index contributed by atoms with van der Waals surface area (Å²) in [6.45, 7) is 7.99. The highest BCUT2D eigenvalue weighted by Crippen LogP contribution is 2.33. The molecule has 0 amide bonds. The topological polar surface area (TPSA) is 0 Å². The van der Waals surface area contributed by atoms with E-state index in [4.69, 9.17) is 0 Å². The fraction of sp³-hybridized carbons (Fsp3) is 0.429. The molecule has 0 aliphatic heterocycles. The van der Waals surface area contributed by atoms with E-state index in [1.54, 1.807) is 6.07 Å². The molecule has 2 rings (SSSR count). The highest BCUT2D eigenvalue weighted by atomic mass is 19.4. The van der Waals surface area contributed by atoms with Crippen molar-refractivity contribution in [2.45, 2.75) is 52.1 Å². The van der Waals surface area contributed by atoms with Crippen molar-refractivity contribution < 1.29 is 17.6 Å². The van der Waals surface area contributed by atoms with Crippen molar-refractivity contribution >= 4 is 0 Å². The third-order valence-corrected chi connectivity index (χ3v) is 4.39. The van der Waals surface area contributed by atoms with Crippen molar-refractivity contribution in [2.24, 2.45) is 5.92 Å². The lowest BCUT2D eigenvalue weighted by molar-refractivity contribution is -0.137. The summed E-state index contributed by atoms with van der Waals surface area (Å²) in [5.41, 5.74) is 1.29. The number of rotatable bonds is 5. The van der Waals surface area contributed by atoms with Gasteiger partial charge in [0.05, 0.1) is 5.56 Å². The van der Waals surface area contributed by atoms with Gasteiger partial charge in [0, 0.05) is 0 Å². The van der Waals surface area contributed by atoms with E-state index in [1.807, 2.05) is 39.8 Å². The Balaban J connectivity index is 2.19. The molecule has 136 valence electrons. The number of halogens is 4. The molecule has 4 heteroatoms. The van der Waals surface area contributed by atoms with Gasteiger partial charge in [-0.05, 0) is 59.1 Å². The molecular formula is C21H24F4. The van der Waals surface area contributed by atoms with Crippen LogP contribution >= 0.6 is 0 Å². The van der Waals surface area contributed by atoms with E-state index in [0.29, 0.717) is 24.3 Å². The predicted molar refractivity (Wildman–Crippen MR) is 93.1 cm³/mol. The minimum absolute atomic E-state index is 0.214. The summed E-state index contributed by atoms with van der Waals surface area (Å²) in [4.78, 5) is 0. The van der Waals surface area contributed by atoms with Crippen LogP contribution in [0.3, 0.4) is 0 Å². The molecule has 0 atom stereocenters. The molecule has 0 N–H and O–H groups in total. The van der Waals surface area contributed by atoms with Crippen LogP contribution in [0.4, 0.5) is 17.6 Å². The van der Waals surface area contributed by atoms with Crippen LogP contribution < -0.4 is 0 Å². The Kier molecular flexibility index (Phi) is 5.60. The van der Waals surface area contributed by atoms with Gasteiger partial charge in [0.1, 0.15) is 5.82 Å². The van der Waals surface area contributed by atoms with E-state index in [9.17, 15) is 17.6 Å². The second kappa shape index (κ2) is 7.19. The highest BCUT2D eigenvalue weighted by Gasteiger charge is 2.31. The maximum absolute atomic E-state index is 14.2. The van der Waals surface area contributed by atoms with Gasteiger partial charge in [-0.3, -0.25) is 0 Å². The van der Waals surface area contributed by atoms with E-state index in [-0.39, 0.29) is 5.82 Å². The molecule has 0 heterocycles. The zero-order valence-corrected chi connectivity index (χ0v) is 15.0. The lowest BCUT2D eigenvalue weighted by Crippen LogP contribution is -2.21. The van der Waals surface area contributed by atoms with Crippen molar-refractivity contribution in [1.82, 2.24) is 0 Å². The summed E-state index contributed by atoms with van der Waals surface area (Å²) in [5.74, 6) is 0.165. The minimum atomic E-state index is -4.34. The van der Waals surface area contributed by atoms with Crippen molar-refractivity contribution in [2.75, 3.05) is 0 Å². The maximum Gasteiger partial charge on any atom is 0.416 e. The summed E-state index contributed by atoms with van der Waals surface area (Å²) >= 11 is 0. The average Bonchev–Trinajstić information content (AvgIpc) is 2.48. The first-order chi connectivity index (χ1) is 11.5. The first-order valence-electron chi connectivity index (χ1n) is 8.44. The fourth-order valence-electron chi connectivity index (χ4n) is 3.03. The van der Waals surface area contributed by atoms with E-state index < -0.39 is 17.2 Å². The molecule has 0 nitrogen and oxygen atoms in total. The molecule has 0 aliphatic rings. The largest absolute Gasteiger partial charge is 0.416 e. The monoisotopic (exact) mass is 352 g/mol. The lowest BCUT2D eigenvalue weighted by Gasteiger charge is -2.26. The summed E-state index contributed by atoms with van der Waals surface area (Å²) in [5, 5.41) is 0. The van der Waals surface area contributed by atoms with Crippen molar-refractivity contribution in [1.29, 1.82) is 0 Å². The van der Waals surface area contributed by atoms with Crippen LogP contribution in [-0.4, -0.2) is 0 Å². The first-order valence-corrected chi connectivity index (χ1v) is 8.44. The normalized spacial score (nSPS) is 12.7. The van der Waals surface area contributed by atoms with Gasteiger partial charge in [0.2, 0.25) is 0 Å². The fourth-order valence-corrected chi connectivity index (χ4v) is 3.03. The molecule has 2 aromatic carbocycles. The Labute approximate surface area is 146 Å². The van der Waals surface area contributed by atoms with E-state index in [1.165, 1.54) is 12.1 Å². The third kappa shape index (κ3) is 5.07. The van der Waals surface area contributed by atoms with Crippen LogP contribution in [0.15, 0.2) is 42.5 Å². The van der Waals surface area contributed by atoms with Gasteiger partial charge in [-0.2, -0.15) is 13.2 Å². The molecule has 0 saturated carbocycles. The molecule has 0 radical (unpaired) electrons. The van der Waals surface area contributed by atoms with Gasteiger partial charge in [-0.25, -0.2) is 4.39 Å². The second-order valence-corrected chi connectivity index (χ2v) is 7.66. The van der Waals surface area contributed by atoms with Gasteiger partial charge in [-0.1, -0.05) is 52.0 Å². The van der Waals surface area contributed by atoms with Crippen LogP contribution in [-0.2, 0) is 24.4 Å². The lowest BCUT2D eigenvalue weighted by atomic mass is 9.79. The number of alkyl halides is 3. The van der Waals surface area contributed by atoms with Crippen LogP contribution in [0.25, 0.3) is 0 Å². The second-order valence-electron chi connectivity index (χ2n) is 7.66. The number of hydrogen-bond donors (Lipinski definition) is 0. The van der Waals surface area contributed by atoms with E-state index in [0.717, 1.165) is 23.3 Å². The Morgan fingerprint density at radius 3 is 1.92 bits per heavy atom. The maximum atomic E-state index is 14.2. The third-order valence-electron chi connectivity index (χ3n) is 4.39. The van der Waals surface area contributed by atoms with Gasteiger partial charge < -0.3 is 0 Å². The average molecular weight is 352 g/mol. The van der Waals surface area contributed by atoms with Crippen molar-refractivity contribution in [3.05, 3.63) is 70.5 Å². The van der Waals surface area contributed by atoms with Crippen LogP contribution in [0.1, 0.15) is 49.9 Å². The van der Waals surface area contributed by atoms with E-state index >= 15 is 0 Å². The Bertz CT molecular complexity index is 710. The van der Waals surface area contributed by atoms with Crippen molar-refractivity contribution in [3.8, 4) is 0 Å². The van der Waals surface area contributed by atoms with Gasteiger partial charge in [0.25, 0.3) is 0 Å². The molecule has 0 unspecified atom stereocenters. The zero-order chi connectivity index (χ0) is 18.8. The minimum Gasteiger partial charge on any atom is -0.207 e. The number of hydrogen-bond acceptors (Lipinski definition) is 0. The molecule has 0 fully saturated rings. The van der Waals surface area contributed by atoms with E-state index in [2.05, 4.69) is 0 Å². The van der Waals surface area contributed by atoms with Gasteiger partial charge in [-0.15, -0.1) is 0 Å². The smallest absolute Gasteiger partial charge is 0.207 e. The summed E-state index contributed by atoms with van der Waals surface area (Å²) in [7, 11) is 0. The summed E-state index contributed by atoms with van der Waals surface area (Å²) < 4.78 is 52.3. The Morgan fingerprint density at radius 1 is 0.880 bits per heavy atom. The van der Waals surface area contributed by atoms with Gasteiger partial charge in [0.15, 0.2) is 0 Å².